The third kappa shape index (κ3) is 4.53. The predicted octanol–water partition coefficient (Wildman–Crippen LogP) is 2.82. The molecule has 0 bridgehead atoms. The fourth-order valence-corrected chi connectivity index (χ4v) is 1.40. The molecule has 0 aliphatic carbocycles. The molecular weight excluding hydrogens is 240 g/mol. The standard InChI is InChI=1S/C13H15F2NO2/c1-3-4-12(17)16(2)9-10-5-7-11(8-6-10)18-13(14)15/h3-8,13H,9H2,1-2H3. The van der Waals surface area contributed by atoms with Crippen LogP contribution in [0.3, 0.4) is 0 Å². The Morgan fingerprint density at radius 1 is 1.39 bits per heavy atom. The number of likely N-dealkylation sites (N-methyl/N-ethyl adjacent to an activating group) is 1. The average molecular weight is 255 g/mol. The number of carbonyl (C=O) groups excluding carboxylic acids is 1. The lowest BCUT2D eigenvalue weighted by molar-refractivity contribution is -0.125. The molecule has 0 aliphatic heterocycles. The summed E-state index contributed by atoms with van der Waals surface area (Å²) in [6.07, 6.45) is 3.13. The first kappa shape index (κ1) is 14.2. The van der Waals surface area contributed by atoms with E-state index in [1.165, 1.54) is 23.1 Å². The second kappa shape index (κ2) is 6.74. The molecule has 0 atom stereocenters. The van der Waals surface area contributed by atoms with Gasteiger partial charge in [-0.2, -0.15) is 8.78 Å². The summed E-state index contributed by atoms with van der Waals surface area (Å²) in [5.41, 5.74) is 0.844. The third-order valence-corrected chi connectivity index (χ3v) is 2.25. The van der Waals surface area contributed by atoms with E-state index in [0.717, 1.165) is 5.56 Å². The van der Waals surface area contributed by atoms with Crippen LogP contribution in [-0.2, 0) is 11.3 Å². The first-order valence-electron chi connectivity index (χ1n) is 5.44. The summed E-state index contributed by atoms with van der Waals surface area (Å²) in [7, 11) is 1.67. The van der Waals surface area contributed by atoms with Crippen molar-refractivity contribution in [1.82, 2.24) is 4.90 Å². The molecule has 1 amide bonds. The van der Waals surface area contributed by atoms with Gasteiger partial charge in [-0.1, -0.05) is 18.2 Å². The van der Waals surface area contributed by atoms with Crippen LogP contribution in [0.1, 0.15) is 12.5 Å². The summed E-state index contributed by atoms with van der Waals surface area (Å²) in [5, 5.41) is 0. The zero-order valence-electron chi connectivity index (χ0n) is 10.3. The Bertz CT molecular complexity index is 416. The highest BCUT2D eigenvalue weighted by molar-refractivity contribution is 5.87. The van der Waals surface area contributed by atoms with Crippen LogP contribution in [0, 0.1) is 0 Å². The molecular formula is C13H15F2NO2. The molecule has 0 heterocycles. The minimum Gasteiger partial charge on any atom is -0.435 e. The highest BCUT2D eigenvalue weighted by atomic mass is 19.3. The second-order valence-corrected chi connectivity index (χ2v) is 3.72. The van der Waals surface area contributed by atoms with Crippen LogP contribution >= 0.6 is 0 Å². The second-order valence-electron chi connectivity index (χ2n) is 3.72. The summed E-state index contributed by atoms with van der Waals surface area (Å²) in [6, 6.07) is 6.21. The van der Waals surface area contributed by atoms with Gasteiger partial charge >= 0.3 is 6.61 Å². The van der Waals surface area contributed by atoms with Crippen molar-refractivity contribution in [3.8, 4) is 5.75 Å². The van der Waals surface area contributed by atoms with E-state index < -0.39 is 6.61 Å². The zero-order valence-corrected chi connectivity index (χ0v) is 10.3. The van der Waals surface area contributed by atoms with E-state index in [9.17, 15) is 13.6 Å². The summed E-state index contributed by atoms with van der Waals surface area (Å²) in [6.45, 7) is -0.643. The first-order valence-corrected chi connectivity index (χ1v) is 5.44. The molecule has 0 saturated heterocycles. The van der Waals surface area contributed by atoms with Crippen molar-refractivity contribution in [3.05, 3.63) is 42.0 Å². The Morgan fingerprint density at radius 3 is 2.50 bits per heavy atom. The van der Waals surface area contributed by atoms with Gasteiger partial charge in [-0.15, -0.1) is 0 Å². The maximum absolute atomic E-state index is 11.9. The minimum absolute atomic E-state index is 0.106. The summed E-state index contributed by atoms with van der Waals surface area (Å²) in [5.74, 6) is 0.00147. The van der Waals surface area contributed by atoms with E-state index in [2.05, 4.69) is 4.74 Å². The molecule has 0 spiro atoms. The smallest absolute Gasteiger partial charge is 0.387 e. The molecule has 0 aromatic heterocycles. The van der Waals surface area contributed by atoms with Crippen LogP contribution in [0.5, 0.6) is 5.75 Å². The molecule has 1 aromatic carbocycles. The number of amides is 1. The van der Waals surface area contributed by atoms with E-state index >= 15 is 0 Å². The van der Waals surface area contributed by atoms with Crippen molar-refractivity contribution in [1.29, 1.82) is 0 Å². The van der Waals surface area contributed by atoms with E-state index in [0.29, 0.717) is 6.54 Å². The Morgan fingerprint density at radius 2 is 2.00 bits per heavy atom. The van der Waals surface area contributed by atoms with Crippen molar-refractivity contribution in [2.24, 2.45) is 0 Å². The van der Waals surface area contributed by atoms with Crippen LogP contribution in [0.15, 0.2) is 36.4 Å². The maximum atomic E-state index is 11.9. The molecule has 0 N–H and O–H groups in total. The van der Waals surface area contributed by atoms with Gasteiger partial charge in [0.05, 0.1) is 0 Å². The van der Waals surface area contributed by atoms with Gasteiger partial charge < -0.3 is 9.64 Å². The quantitative estimate of drug-likeness (QED) is 0.757. The Kier molecular flexibility index (Phi) is 5.30. The summed E-state index contributed by atoms with van der Waals surface area (Å²) in [4.78, 5) is 13.0. The van der Waals surface area contributed by atoms with Crippen LogP contribution < -0.4 is 4.74 Å². The first-order chi connectivity index (χ1) is 8.52. The van der Waals surface area contributed by atoms with Gasteiger partial charge in [-0.05, 0) is 30.7 Å². The average Bonchev–Trinajstić information content (AvgIpc) is 2.31. The van der Waals surface area contributed by atoms with Crippen molar-refractivity contribution in [3.63, 3.8) is 0 Å². The molecule has 0 unspecified atom stereocenters. The number of nitrogens with zero attached hydrogens (tertiary/aromatic N) is 1. The SMILES string of the molecule is CC=CC(=O)N(C)Cc1ccc(OC(F)F)cc1. The van der Waals surface area contributed by atoms with Gasteiger partial charge in [-0.25, -0.2) is 0 Å². The molecule has 18 heavy (non-hydrogen) atoms. The summed E-state index contributed by atoms with van der Waals surface area (Å²) < 4.78 is 28.1. The number of alkyl halides is 2. The van der Waals surface area contributed by atoms with Gasteiger partial charge in [0.1, 0.15) is 5.75 Å². The lowest BCUT2D eigenvalue weighted by atomic mass is 10.2. The molecule has 0 aliphatic rings. The lowest BCUT2D eigenvalue weighted by Gasteiger charge is -2.15. The number of allylic oxidation sites excluding steroid dienone is 1. The zero-order chi connectivity index (χ0) is 13.5. The molecule has 3 nitrogen and oxygen atoms in total. The molecule has 0 fully saturated rings. The maximum Gasteiger partial charge on any atom is 0.387 e. The van der Waals surface area contributed by atoms with Crippen LogP contribution in [0.25, 0.3) is 0 Å². The van der Waals surface area contributed by atoms with Gasteiger partial charge in [0.25, 0.3) is 0 Å². The molecule has 1 aromatic rings. The molecule has 5 heteroatoms. The largest absolute Gasteiger partial charge is 0.435 e. The molecule has 98 valence electrons. The topological polar surface area (TPSA) is 29.5 Å². The van der Waals surface area contributed by atoms with E-state index in [4.69, 9.17) is 0 Å². The van der Waals surface area contributed by atoms with E-state index in [1.54, 1.807) is 32.2 Å². The fourth-order valence-electron chi connectivity index (χ4n) is 1.40. The van der Waals surface area contributed by atoms with Crippen molar-refractivity contribution in [2.75, 3.05) is 7.05 Å². The molecule has 0 saturated carbocycles. The van der Waals surface area contributed by atoms with Gasteiger partial charge in [0, 0.05) is 13.6 Å². The van der Waals surface area contributed by atoms with Crippen molar-refractivity contribution in [2.45, 2.75) is 20.1 Å². The summed E-state index contributed by atoms with van der Waals surface area (Å²) >= 11 is 0. The van der Waals surface area contributed by atoms with Crippen molar-refractivity contribution >= 4 is 5.91 Å². The van der Waals surface area contributed by atoms with Crippen LogP contribution in [-0.4, -0.2) is 24.5 Å². The highest BCUT2D eigenvalue weighted by Gasteiger charge is 2.07. The fraction of sp³-hybridized carbons (Fsp3) is 0.308. The minimum atomic E-state index is -2.82. The van der Waals surface area contributed by atoms with Crippen LogP contribution in [0.2, 0.25) is 0 Å². The number of ether oxygens (including phenoxy) is 1. The van der Waals surface area contributed by atoms with Gasteiger partial charge in [0.2, 0.25) is 5.91 Å². The molecule has 0 radical (unpaired) electrons. The Hall–Kier alpha value is -1.91. The van der Waals surface area contributed by atoms with Gasteiger partial charge in [-0.3, -0.25) is 4.79 Å². The predicted molar refractivity (Wildman–Crippen MR) is 64.4 cm³/mol. The Balaban J connectivity index is 2.60. The number of rotatable bonds is 5. The Labute approximate surface area is 105 Å². The highest BCUT2D eigenvalue weighted by Crippen LogP contribution is 2.15. The normalized spacial score (nSPS) is 10.9. The molecule has 1 rings (SSSR count). The lowest BCUT2D eigenvalue weighted by Crippen LogP contribution is -2.24. The number of benzene rings is 1. The number of carbonyl (C=O) groups is 1. The third-order valence-electron chi connectivity index (χ3n) is 2.25. The van der Waals surface area contributed by atoms with Crippen molar-refractivity contribution < 1.29 is 18.3 Å². The van der Waals surface area contributed by atoms with Gasteiger partial charge in [0.15, 0.2) is 0 Å². The number of hydrogen-bond acceptors (Lipinski definition) is 2. The number of hydrogen-bond donors (Lipinski definition) is 0. The monoisotopic (exact) mass is 255 g/mol. The van der Waals surface area contributed by atoms with E-state index in [-0.39, 0.29) is 11.7 Å². The van der Waals surface area contributed by atoms with Crippen LogP contribution in [0.4, 0.5) is 8.78 Å². The number of halogens is 2. The van der Waals surface area contributed by atoms with E-state index in [1.807, 2.05) is 0 Å².